The largest absolute Gasteiger partial charge is 0.496 e. The number of hydrogen-bond donors (Lipinski definition) is 1. The summed E-state index contributed by atoms with van der Waals surface area (Å²) in [5.41, 5.74) is -0.157. The van der Waals surface area contributed by atoms with Crippen molar-refractivity contribution in [3.8, 4) is 5.75 Å². The molecule has 0 bridgehead atoms. The van der Waals surface area contributed by atoms with Crippen LogP contribution in [0.5, 0.6) is 5.75 Å². The summed E-state index contributed by atoms with van der Waals surface area (Å²) in [4.78, 5) is 21.9. The minimum atomic E-state index is -1.09. The summed E-state index contributed by atoms with van der Waals surface area (Å²) in [5.74, 6) is -0.931. The van der Waals surface area contributed by atoms with E-state index in [4.69, 9.17) is 14.3 Å². The summed E-state index contributed by atoms with van der Waals surface area (Å²) >= 11 is 0. The molecule has 0 saturated carbocycles. The predicted molar refractivity (Wildman–Crippen MR) is 56.0 cm³/mol. The number of ether oxygens (including phenoxy) is 1. The van der Waals surface area contributed by atoms with E-state index in [1.54, 1.807) is 0 Å². The predicted octanol–water partition coefficient (Wildman–Crippen LogP) is 1.50. The number of aromatic carboxylic acids is 1. The molecule has 0 saturated heterocycles. The van der Waals surface area contributed by atoms with E-state index in [9.17, 15) is 9.59 Å². The van der Waals surface area contributed by atoms with Crippen LogP contribution < -0.4 is 10.4 Å². The van der Waals surface area contributed by atoms with Gasteiger partial charge >= 0.3 is 11.6 Å². The van der Waals surface area contributed by atoms with Crippen LogP contribution in [0.1, 0.15) is 10.4 Å². The Bertz CT molecular complexity index is 611. The van der Waals surface area contributed by atoms with E-state index in [0.29, 0.717) is 11.0 Å². The SMILES string of the molecule is COc1cc2oc(=O)ccc2cc1C(=O)O. The molecule has 0 atom stereocenters. The lowest BCUT2D eigenvalue weighted by Gasteiger charge is -2.05. The quantitative estimate of drug-likeness (QED) is 0.776. The van der Waals surface area contributed by atoms with Crippen LogP contribution in [0.2, 0.25) is 0 Å². The molecule has 1 aromatic heterocycles. The number of methoxy groups -OCH3 is 1. The minimum Gasteiger partial charge on any atom is -0.496 e. The molecular weight excluding hydrogens is 212 g/mol. The van der Waals surface area contributed by atoms with Crippen molar-refractivity contribution in [3.05, 3.63) is 40.2 Å². The van der Waals surface area contributed by atoms with Crippen molar-refractivity contribution in [2.75, 3.05) is 7.11 Å². The Morgan fingerprint density at radius 3 is 2.75 bits per heavy atom. The van der Waals surface area contributed by atoms with E-state index in [2.05, 4.69) is 0 Å². The molecule has 0 unspecified atom stereocenters. The normalized spacial score (nSPS) is 10.3. The lowest BCUT2D eigenvalue weighted by atomic mass is 10.1. The highest BCUT2D eigenvalue weighted by molar-refractivity contribution is 5.96. The summed E-state index contributed by atoms with van der Waals surface area (Å²) in [6.07, 6.45) is 0. The monoisotopic (exact) mass is 220 g/mol. The Hall–Kier alpha value is -2.30. The van der Waals surface area contributed by atoms with Gasteiger partial charge < -0.3 is 14.3 Å². The van der Waals surface area contributed by atoms with E-state index in [1.165, 1.54) is 31.4 Å². The molecule has 0 radical (unpaired) electrons. The summed E-state index contributed by atoms with van der Waals surface area (Å²) in [7, 11) is 1.36. The van der Waals surface area contributed by atoms with Crippen LogP contribution in [0.3, 0.4) is 0 Å². The van der Waals surface area contributed by atoms with Crippen molar-refractivity contribution in [2.24, 2.45) is 0 Å². The van der Waals surface area contributed by atoms with Gasteiger partial charge in [-0.1, -0.05) is 0 Å². The number of rotatable bonds is 2. The summed E-state index contributed by atoms with van der Waals surface area (Å²) in [6.45, 7) is 0. The van der Waals surface area contributed by atoms with Crippen molar-refractivity contribution >= 4 is 16.9 Å². The third-order valence-corrected chi connectivity index (χ3v) is 2.17. The highest BCUT2D eigenvalue weighted by Gasteiger charge is 2.13. The van der Waals surface area contributed by atoms with Crippen LogP contribution in [-0.4, -0.2) is 18.2 Å². The molecule has 5 nitrogen and oxygen atoms in total. The summed E-state index contributed by atoms with van der Waals surface area (Å²) in [5, 5.41) is 9.48. The Labute approximate surface area is 89.9 Å². The molecule has 0 aliphatic rings. The average molecular weight is 220 g/mol. The molecule has 1 aromatic carbocycles. The fourth-order valence-electron chi connectivity index (χ4n) is 1.43. The second-order valence-electron chi connectivity index (χ2n) is 3.15. The lowest BCUT2D eigenvalue weighted by molar-refractivity contribution is 0.0693. The molecule has 1 N–H and O–H groups in total. The van der Waals surface area contributed by atoms with Gasteiger partial charge in [0.25, 0.3) is 0 Å². The third kappa shape index (κ3) is 1.63. The maximum absolute atomic E-state index is 11.0. The van der Waals surface area contributed by atoms with Gasteiger partial charge in [0.05, 0.1) is 7.11 Å². The van der Waals surface area contributed by atoms with Crippen LogP contribution >= 0.6 is 0 Å². The van der Waals surface area contributed by atoms with Crippen LogP contribution in [-0.2, 0) is 0 Å². The van der Waals surface area contributed by atoms with E-state index in [1.807, 2.05) is 0 Å². The lowest BCUT2D eigenvalue weighted by Crippen LogP contribution is -2.01. The highest BCUT2D eigenvalue weighted by Crippen LogP contribution is 2.24. The molecule has 0 aliphatic heterocycles. The zero-order valence-electron chi connectivity index (χ0n) is 8.39. The molecule has 0 spiro atoms. The van der Waals surface area contributed by atoms with Gasteiger partial charge in [0.2, 0.25) is 0 Å². The standard InChI is InChI=1S/C11H8O5/c1-15-9-5-8-6(2-3-10(12)16-8)4-7(9)11(13)14/h2-5H,1H3,(H,13,14). The zero-order chi connectivity index (χ0) is 11.7. The second-order valence-corrected chi connectivity index (χ2v) is 3.15. The van der Waals surface area contributed by atoms with Crippen molar-refractivity contribution in [2.45, 2.75) is 0 Å². The van der Waals surface area contributed by atoms with Gasteiger partial charge in [0, 0.05) is 17.5 Å². The Morgan fingerprint density at radius 1 is 1.38 bits per heavy atom. The molecule has 0 amide bonds. The van der Waals surface area contributed by atoms with Crippen molar-refractivity contribution in [1.82, 2.24) is 0 Å². The van der Waals surface area contributed by atoms with Gasteiger partial charge in [-0.15, -0.1) is 0 Å². The molecule has 0 fully saturated rings. The minimum absolute atomic E-state index is 0.0313. The van der Waals surface area contributed by atoms with E-state index >= 15 is 0 Å². The molecule has 5 heteroatoms. The number of benzene rings is 1. The summed E-state index contributed by atoms with van der Waals surface area (Å²) < 4.78 is 9.82. The average Bonchev–Trinajstić information content (AvgIpc) is 2.26. The van der Waals surface area contributed by atoms with Crippen molar-refractivity contribution < 1.29 is 19.1 Å². The molecule has 0 aliphatic carbocycles. The molecule has 1 heterocycles. The topological polar surface area (TPSA) is 76.7 Å². The second kappa shape index (κ2) is 3.69. The van der Waals surface area contributed by atoms with E-state index in [-0.39, 0.29) is 11.3 Å². The maximum atomic E-state index is 11.0. The Kier molecular flexibility index (Phi) is 2.36. The Balaban J connectivity index is 2.80. The van der Waals surface area contributed by atoms with Gasteiger partial charge in [0.1, 0.15) is 16.9 Å². The molecule has 2 rings (SSSR count). The zero-order valence-corrected chi connectivity index (χ0v) is 8.39. The first kappa shape index (κ1) is 10.2. The number of carboxylic acid groups (broad SMARTS) is 1. The van der Waals surface area contributed by atoms with Gasteiger partial charge in [-0.25, -0.2) is 9.59 Å². The van der Waals surface area contributed by atoms with Gasteiger partial charge in [-0.05, 0) is 12.1 Å². The number of fused-ring (bicyclic) bond motifs is 1. The van der Waals surface area contributed by atoms with Crippen LogP contribution in [0.4, 0.5) is 0 Å². The Morgan fingerprint density at radius 2 is 2.12 bits per heavy atom. The van der Waals surface area contributed by atoms with Gasteiger partial charge in [-0.3, -0.25) is 0 Å². The first-order chi connectivity index (χ1) is 7.61. The van der Waals surface area contributed by atoms with Crippen molar-refractivity contribution in [3.63, 3.8) is 0 Å². The molecule has 16 heavy (non-hydrogen) atoms. The van der Waals surface area contributed by atoms with Crippen LogP contribution in [0.15, 0.2) is 33.5 Å². The fourth-order valence-corrected chi connectivity index (χ4v) is 1.43. The molecule has 2 aromatic rings. The van der Waals surface area contributed by atoms with Gasteiger partial charge in [0.15, 0.2) is 0 Å². The molecule has 82 valence electrons. The van der Waals surface area contributed by atoms with E-state index < -0.39 is 11.6 Å². The number of hydrogen-bond acceptors (Lipinski definition) is 4. The van der Waals surface area contributed by atoms with Gasteiger partial charge in [-0.2, -0.15) is 0 Å². The highest BCUT2D eigenvalue weighted by atomic mass is 16.5. The van der Waals surface area contributed by atoms with Crippen LogP contribution in [0.25, 0.3) is 11.0 Å². The first-order valence-electron chi connectivity index (χ1n) is 4.47. The van der Waals surface area contributed by atoms with E-state index in [0.717, 1.165) is 0 Å². The third-order valence-electron chi connectivity index (χ3n) is 2.17. The number of carbonyl (C=O) groups is 1. The molecular formula is C11H8O5. The number of carboxylic acids is 1. The smallest absolute Gasteiger partial charge is 0.339 e. The maximum Gasteiger partial charge on any atom is 0.339 e. The summed E-state index contributed by atoms with van der Waals surface area (Å²) in [6, 6.07) is 5.53. The van der Waals surface area contributed by atoms with Crippen molar-refractivity contribution in [1.29, 1.82) is 0 Å². The fraction of sp³-hybridized carbons (Fsp3) is 0.0909. The first-order valence-corrected chi connectivity index (χ1v) is 4.47. The van der Waals surface area contributed by atoms with Crippen LogP contribution in [0, 0.1) is 0 Å².